The van der Waals surface area contributed by atoms with Crippen molar-refractivity contribution in [3.8, 4) is 0 Å². The molecule has 21 heavy (non-hydrogen) atoms. The Morgan fingerprint density at radius 1 is 1.29 bits per heavy atom. The molecule has 0 bridgehead atoms. The maximum Gasteiger partial charge on any atom is 0.244 e. The van der Waals surface area contributed by atoms with E-state index >= 15 is 0 Å². The SMILES string of the molecule is Cc1ccc(NC(=O)Cn2cnc3ccccc32)c(Br)c1. The van der Waals surface area contributed by atoms with Crippen LogP contribution >= 0.6 is 15.9 Å². The minimum absolute atomic E-state index is 0.0808. The summed E-state index contributed by atoms with van der Waals surface area (Å²) in [4.78, 5) is 16.5. The van der Waals surface area contributed by atoms with Gasteiger partial charge >= 0.3 is 0 Å². The number of anilines is 1. The molecule has 1 N–H and O–H groups in total. The summed E-state index contributed by atoms with van der Waals surface area (Å²) >= 11 is 3.46. The van der Waals surface area contributed by atoms with Crippen molar-refractivity contribution in [2.75, 3.05) is 5.32 Å². The summed E-state index contributed by atoms with van der Waals surface area (Å²) in [5.41, 5.74) is 3.76. The average Bonchev–Trinajstić information content (AvgIpc) is 2.85. The van der Waals surface area contributed by atoms with Crippen LogP contribution in [0.15, 0.2) is 53.3 Å². The quantitative estimate of drug-likeness (QED) is 0.787. The van der Waals surface area contributed by atoms with Crippen molar-refractivity contribution in [3.63, 3.8) is 0 Å². The summed E-state index contributed by atoms with van der Waals surface area (Å²) in [5.74, 6) is -0.0808. The van der Waals surface area contributed by atoms with E-state index in [0.717, 1.165) is 26.8 Å². The molecule has 1 amide bonds. The van der Waals surface area contributed by atoms with E-state index in [1.54, 1.807) is 6.33 Å². The van der Waals surface area contributed by atoms with Gasteiger partial charge in [0.05, 0.1) is 23.0 Å². The van der Waals surface area contributed by atoms with Crippen molar-refractivity contribution in [2.45, 2.75) is 13.5 Å². The molecular formula is C16H14BrN3O. The normalized spacial score (nSPS) is 10.8. The summed E-state index contributed by atoms with van der Waals surface area (Å²) in [6.45, 7) is 2.24. The number of benzene rings is 2. The first kappa shape index (κ1) is 13.8. The zero-order valence-electron chi connectivity index (χ0n) is 11.5. The third-order valence-corrected chi connectivity index (χ3v) is 3.90. The molecule has 0 spiro atoms. The van der Waals surface area contributed by atoms with Crippen LogP contribution in [0.1, 0.15) is 5.56 Å². The van der Waals surface area contributed by atoms with Crippen LogP contribution in [-0.2, 0) is 11.3 Å². The lowest BCUT2D eigenvalue weighted by atomic mass is 10.2. The maximum atomic E-state index is 12.2. The molecule has 0 atom stereocenters. The summed E-state index contributed by atoms with van der Waals surface area (Å²) in [6, 6.07) is 13.6. The highest BCUT2D eigenvalue weighted by atomic mass is 79.9. The van der Waals surface area contributed by atoms with E-state index in [4.69, 9.17) is 0 Å². The largest absolute Gasteiger partial charge is 0.324 e. The number of amides is 1. The molecule has 0 aliphatic heterocycles. The van der Waals surface area contributed by atoms with Crippen molar-refractivity contribution in [1.82, 2.24) is 9.55 Å². The van der Waals surface area contributed by atoms with Crippen molar-refractivity contribution in [1.29, 1.82) is 0 Å². The Morgan fingerprint density at radius 3 is 2.90 bits per heavy atom. The van der Waals surface area contributed by atoms with E-state index < -0.39 is 0 Å². The number of nitrogens with one attached hydrogen (secondary N) is 1. The molecule has 1 aromatic heterocycles. The summed E-state index contributed by atoms with van der Waals surface area (Å²) in [5, 5.41) is 2.91. The number of halogens is 1. The molecule has 2 aromatic carbocycles. The smallest absolute Gasteiger partial charge is 0.244 e. The molecule has 0 radical (unpaired) electrons. The Balaban J connectivity index is 1.77. The lowest BCUT2D eigenvalue weighted by molar-refractivity contribution is -0.116. The van der Waals surface area contributed by atoms with Crippen molar-refractivity contribution >= 4 is 38.6 Å². The number of hydrogen-bond donors (Lipinski definition) is 1. The third kappa shape index (κ3) is 2.97. The van der Waals surface area contributed by atoms with E-state index in [9.17, 15) is 4.79 Å². The van der Waals surface area contributed by atoms with Gasteiger partial charge in [-0.2, -0.15) is 0 Å². The number of carbonyl (C=O) groups is 1. The van der Waals surface area contributed by atoms with Crippen molar-refractivity contribution < 1.29 is 4.79 Å². The number of aromatic nitrogens is 2. The fourth-order valence-electron chi connectivity index (χ4n) is 2.20. The first-order valence-corrected chi connectivity index (χ1v) is 7.38. The molecule has 0 fully saturated rings. The number of aryl methyl sites for hydroxylation is 1. The first-order valence-electron chi connectivity index (χ1n) is 6.59. The second kappa shape index (κ2) is 5.69. The van der Waals surface area contributed by atoms with Gasteiger partial charge in [-0.25, -0.2) is 4.98 Å². The number of imidazole rings is 1. The van der Waals surface area contributed by atoms with Crippen molar-refractivity contribution in [3.05, 3.63) is 58.8 Å². The molecule has 3 aromatic rings. The first-order chi connectivity index (χ1) is 10.1. The van der Waals surface area contributed by atoms with Gasteiger partial charge in [-0.1, -0.05) is 18.2 Å². The van der Waals surface area contributed by atoms with Gasteiger partial charge in [0.15, 0.2) is 0 Å². The molecule has 4 nitrogen and oxygen atoms in total. The van der Waals surface area contributed by atoms with Crippen LogP contribution in [0.2, 0.25) is 0 Å². The van der Waals surface area contributed by atoms with Gasteiger partial charge in [-0.05, 0) is 52.7 Å². The van der Waals surface area contributed by atoms with E-state index in [1.165, 1.54) is 0 Å². The predicted octanol–water partition coefficient (Wildman–Crippen LogP) is 3.75. The van der Waals surface area contributed by atoms with Crippen LogP contribution in [0.4, 0.5) is 5.69 Å². The van der Waals surface area contributed by atoms with Crippen LogP contribution < -0.4 is 5.32 Å². The second-order valence-corrected chi connectivity index (χ2v) is 5.75. The van der Waals surface area contributed by atoms with Gasteiger partial charge in [-0.15, -0.1) is 0 Å². The Morgan fingerprint density at radius 2 is 2.10 bits per heavy atom. The van der Waals surface area contributed by atoms with Gasteiger partial charge < -0.3 is 9.88 Å². The zero-order chi connectivity index (χ0) is 14.8. The minimum Gasteiger partial charge on any atom is -0.324 e. The average molecular weight is 344 g/mol. The van der Waals surface area contributed by atoms with Crippen LogP contribution in [0.3, 0.4) is 0 Å². The maximum absolute atomic E-state index is 12.2. The lowest BCUT2D eigenvalue weighted by Crippen LogP contribution is -2.18. The van der Waals surface area contributed by atoms with Crippen LogP contribution in [0, 0.1) is 6.92 Å². The van der Waals surface area contributed by atoms with Crippen LogP contribution in [0.5, 0.6) is 0 Å². The highest BCUT2D eigenvalue weighted by molar-refractivity contribution is 9.10. The molecule has 0 aliphatic carbocycles. The number of fused-ring (bicyclic) bond motifs is 1. The zero-order valence-corrected chi connectivity index (χ0v) is 13.1. The molecule has 3 rings (SSSR count). The predicted molar refractivity (Wildman–Crippen MR) is 87.2 cm³/mol. The van der Waals surface area contributed by atoms with Crippen LogP contribution in [-0.4, -0.2) is 15.5 Å². The Hall–Kier alpha value is -2.14. The summed E-state index contributed by atoms with van der Waals surface area (Å²) in [6.07, 6.45) is 1.69. The minimum atomic E-state index is -0.0808. The fraction of sp³-hybridized carbons (Fsp3) is 0.125. The molecule has 5 heteroatoms. The number of para-hydroxylation sites is 2. The van der Waals surface area contributed by atoms with E-state index in [2.05, 4.69) is 26.2 Å². The number of nitrogens with zero attached hydrogens (tertiary/aromatic N) is 2. The van der Waals surface area contributed by atoms with Gasteiger partial charge in [-0.3, -0.25) is 4.79 Å². The highest BCUT2D eigenvalue weighted by Gasteiger charge is 2.09. The standard InChI is InChI=1S/C16H14BrN3O/c1-11-6-7-13(12(17)8-11)19-16(21)9-20-10-18-14-4-2-3-5-15(14)20/h2-8,10H,9H2,1H3,(H,19,21). The summed E-state index contributed by atoms with van der Waals surface area (Å²) < 4.78 is 2.72. The number of carbonyl (C=O) groups excluding carboxylic acids is 1. The Bertz CT molecular complexity index is 810. The monoisotopic (exact) mass is 343 g/mol. The molecule has 106 valence electrons. The molecule has 0 saturated carbocycles. The molecule has 1 heterocycles. The molecule has 0 unspecified atom stereocenters. The molecule has 0 saturated heterocycles. The third-order valence-electron chi connectivity index (χ3n) is 3.24. The molecular weight excluding hydrogens is 330 g/mol. The van der Waals surface area contributed by atoms with E-state index in [1.807, 2.05) is 54.0 Å². The van der Waals surface area contributed by atoms with Gasteiger partial charge in [0, 0.05) is 4.47 Å². The van der Waals surface area contributed by atoms with E-state index in [0.29, 0.717) is 0 Å². The topological polar surface area (TPSA) is 46.9 Å². The number of rotatable bonds is 3. The number of hydrogen-bond acceptors (Lipinski definition) is 2. The fourth-order valence-corrected chi connectivity index (χ4v) is 2.79. The Kier molecular flexibility index (Phi) is 3.75. The second-order valence-electron chi connectivity index (χ2n) is 4.89. The Labute approximate surface area is 130 Å². The summed E-state index contributed by atoms with van der Waals surface area (Å²) in [7, 11) is 0. The van der Waals surface area contributed by atoms with Gasteiger partial charge in [0.2, 0.25) is 5.91 Å². The van der Waals surface area contributed by atoms with E-state index in [-0.39, 0.29) is 12.5 Å². The molecule has 0 aliphatic rings. The van der Waals surface area contributed by atoms with Gasteiger partial charge in [0.1, 0.15) is 6.54 Å². The van der Waals surface area contributed by atoms with Gasteiger partial charge in [0.25, 0.3) is 0 Å². The highest BCUT2D eigenvalue weighted by Crippen LogP contribution is 2.23. The van der Waals surface area contributed by atoms with Crippen LogP contribution in [0.25, 0.3) is 11.0 Å². The lowest BCUT2D eigenvalue weighted by Gasteiger charge is -2.09. The van der Waals surface area contributed by atoms with Crippen molar-refractivity contribution in [2.24, 2.45) is 0 Å².